The van der Waals surface area contributed by atoms with Crippen molar-refractivity contribution in [1.29, 1.82) is 0 Å². The zero-order valence-corrected chi connectivity index (χ0v) is 13.1. The number of rotatable bonds is 7. The van der Waals surface area contributed by atoms with E-state index in [9.17, 15) is 4.79 Å². The number of carboxylic acid groups (broad SMARTS) is 1. The molecule has 0 unspecified atom stereocenters. The lowest BCUT2D eigenvalue weighted by molar-refractivity contribution is -0.138. The van der Waals surface area contributed by atoms with Crippen LogP contribution >= 0.6 is 0 Å². The zero-order chi connectivity index (χ0) is 15.9. The molecule has 0 spiro atoms. The molecule has 116 valence electrons. The van der Waals surface area contributed by atoms with Gasteiger partial charge in [-0.05, 0) is 25.0 Å². The van der Waals surface area contributed by atoms with E-state index in [-0.39, 0.29) is 18.5 Å². The van der Waals surface area contributed by atoms with Crippen molar-refractivity contribution in [3.05, 3.63) is 71.8 Å². The predicted molar refractivity (Wildman–Crippen MR) is 88.6 cm³/mol. The van der Waals surface area contributed by atoms with Crippen molar-refractivity contribution in [2.24, 2.45) is 0 Å². The molecule has 0 saturated carbocycles. The summed E-state index contributed by atoms with van der Waals surface area (Å²) in [6, 6.07) is 20.5. The molecule has 0 aliphatic rings. The van der Waals surface area contributed by atoms with Crippen LogP contribution in [0.25, 0.3) is 0 Å². The molecular formula is C19H23NO2. The van der Waals surface area contributed by atoms with Gasteiger partial charge in [-0.25, -0.2) is 0 Å². The molecule has 1 N–H and O–H groups in total. The number of carboxylic acids is 1. The van der Waals surface area contributed by atoms with E-state index in [0.29, 0.717) is 0 Å². The van der Waals surface area contributed by atoms with Crippen molar-refractivity contribution in [1.82, 2.24) is 4.90 Å². The van der Waals surface area contributed by atoms with Gasteiger partial charge in [0.05, 0.1) is 6.42 Å². The Kier molecular flexibility index (Phi) is 5.73. The van der Waals surface area contributed by atoms with E-state index in [4.69, 9.17) is 5.11 Å². The van der Waals surface area contributed by atoms with Gasteiger partial charge in [0.15, 0.2) is 0 Å². The average molecular weight is 297 g/mol. The standard InChI is InChI=1S/C19H23NO2/c1-15(13-19(21)22)20(14-17-9-5-3-6-10-17)16(2)18-11-7-4-8-12-18/h3-12,15-16H,13-14H2,1-2H3,(H,21,22)/t15-,16-/m1/s1. The third-order valence-electron chi connectivity index (χ3n) is 4.02. The van der Waals surface area contributed by atoms with Crippen LogP contribution in [-0.2, 0) is 11.3 Å². The molecule has 2 aromatic carbocycles. The molecule has 0 bridgehead atoms. The quantitative estimate of drug-likeness (QED) is 0.836. The van der Waals surface area contributed by atoms with E-state index < -0.39 is 5.97 Å². The van der Waals surface area contributed by atoms with Crippen molar-refractivity contribution in [3.63, 3.8) is 0 Å². The van der Waals surface area contributed by atoms with Crippen LogP contribution in [0.15, 0.2) is 60.7 Å². The van der Waals surface area contributed by atoms with E-state index in [1.807, 2.05) is 43.3 Å². The molecular weight excluding hydrogens is 274 g/mol. The summed E-state index contributed by atoms with van der Waals surface area (Å²) in [5.74, 6) is -0.758. The van der Waals surface area contributed by atoms with Crippen LogP contribution < -0.4 is 0 Å². The Morgan fingerprint density at radius 2 is 1.55 bits per heavy atom. The molecule has 0 amide bonds. The highest BCUT2D eigenvalue weighted by molar-refractivity contribution is 5.67. The van der Waals surface area contributed by atoms with Gasteiger partial charge >= 0.3 is 5.97 Å². The maximum atomic E-state index is 11.1. The fraction of sp³-hybridized carbons (Fsp3) is 0.316. The first-order chi connectivity index (χ1) is 10.6. The summed E-state index contributed by atoms with van der Waals surface area (Å²) < 4.78 is 0. The SMILES string of the molecule is C[C@H](CC(=O)O)N(Cc1ccccc1)[C@H](C)c1ccccc1. The molecule has 0 aliphatic carbocycles. The van der Waals surface area contributed by atoms with Gasteiger partial charge in [0.2, 0.25) is 0 Å². The van der Waals surface area contributed by atoms with Gasteiger partial charge in [0.25, 0.3) is 0 Å². The summed E-state index contributed by atoms with van der Waals surface area (Å²) in [6.45, 7) is 4.86. The fourth-order valence-electron chi connectivity index (χ4n) is 2.76. The van der Waals surface area contributed by atoms with E-state index in [1.165, 1.54) is 11.1 Å². The van der Waals surface area contributed by atoms with Crippen LogP contribution in [0.2, 0.25) is 0 Å². The first-order valence-electron chi connectivity index (χ1n) is 7.64. The zero-order valence-electron chi connectivity index (χ0n) is 13.1. The molecule has 3 nitrogen and oxygen atoms in total. The van der Waals surface area contributed by atoms with Crippen LogP contribution in [0.5, 0.6) is 0 Å². The van der Waals surface area contributed by atoms with Crippen molar-refractivity contribution in [2.75, 3.05) is 0 Å². The third-order valence-corrected chi connectivity index (χ3v) is 4.02. The van der Waals surface area contributed by atoms with Crippen molar-refractivity contribution >= 4 is 5.97 Å². The lowest BCUT2D eigenvalue weighted by Crippen LogP contribution is -2.36. The average Bonchev–Trinajstić information content (AvgIpc) is 2.53. The maximum Gasteiger partial charge on any atom is 0.304 e. The van der Waals surface area contributed by atoms with Crippen LogP contribution in [0.1, 0.15) is 37.4 Å². The molecule has 0 fully saturated rings. The molecule has 2 aromatic rings. The first kappa shape index (κ1) is 16.2. The molecule has 0 saturated heterocycles. The van der Waals surface area contributed by atoms with Crippen LogP contribution in [-0.4, -0.2) is 22.0 Å². The predicted octanol–water partition coefficient (Wildman–Crippen LogP) is 4.11. The summed E-state index contributed by atoms with van der Waals surface area (Å²) in [7, 11) is 0. The first-order valence-corrected chi connectivity index (χ1v) is 7.64. The van der Waals surface area contributed by atoms with E-state index in [1.54, 1.807) is 0 Å². The molecule has 0 aliphatic heterocycles. The largest absolute Gasteiger partial charge is 0.481 e. The maximum absolute atomic E-state index is 11.1. The smallest absolute Gasteiger partial charge is 0.304 e. The molecule has 3 heteroatoms. The number of carbonyl (C=O) groups is 1. The monoisotopic (exact) mass is 297 g/mol. The molecule has 22 heavy (non-hydrogen) atoms. The lowest BCUT2D eigenvalue weighted by atomic mass is 10.0. The normalized spacial score (nSPS) is 13.8. The molecule has 2 rings (SSSR count). The summed E-state index contributed by atoms with van der Waals surface area (Å²) in [4.78, 5) is 13.3. The van der Waals surface area contributed by atoms with Crippen molar-refractivity contribution in [2.45, 2.75) is 38.9 Å². The van der Waals surface area contributed by atoms with Crippen LogP contribution in [0.3, 0.4) is 0 Å². The summed E-state index contributed by atoms with van der Waals surface area (Å²) in [6.07, 6.45) is 0.143. The fourth-order valence-corrected chi connectivity index (χ4v) is 2.76. The Bertz CT molecular complexity index is 583. The Balaban J connectivity index is 2.22. The number of hydrogen-bond donors (Lipinski definition) is 1. The minimum absolute atomic E-state index is 0.0343. The summed E-state index contributed by atoms with van der Waals surface area (Å²) >= 11 is 0. The minimum Gasteiger partial charge on any atom is -0.481 e. The van der Waals surface area contributed by atoms with Crippen molar-refractivity contribution < 1.29 is 9.90 Å². The second-order valence-electron chi connectivity index (χ2n) is 5.69. The topological polar surface area (TPSA) is 40.5 Å². The van der Waals surface area contributed by atoms with E-state index in [0.717, 1.165) is 6.54 Å². The van der Waals surface area contributed by atoms with Crippen molar-refractivity contribution in [3.8, 4) is 0 Å². The third kappa shape index (κ3) is 4.43. The Morgan fingerprint density at radius 1 is 1.00 bits per heavy atom. The van der Waals surface area contributed by atoms with Gasteiger partial charge in [0, 0.05) is 18.6 Å². The van der Waals surface area contributed by atoms with Gasteiger partial charge < -0.3 is 5.11 Å². The highest BCUT2D eigenvalue weighted by Crippen LogP contribution is 2.25. The highest BCUT2D eigenvalue weighted by atomic mass is 16.4. The molecule has 0 radical (unpaired) electrons. The summed E-state index contributed by atoms with van der Waals surface area (Å²) in [5, 5.41) is 9.12. The molecule has 2 atom stereocenters. The second kappa shape index (κ2) is 7.76. The van der Waals surface area contributed by atoms with E-state index >= 15 is 0 Å². The Labute approximate surface area is 132 Å². The minimum atomic E-state index is -0.758. The number of aliphatic carboxylic acids is 1. The van der Waals surface area contributed by atoms with Crippen LogP contribution in [0.4, 0.5) is 0 Å². The molecule has 0 heterocycles. The Morgan fingerprint density at radius 3 is 2.09 bits per heavy atom. The lowest BCUT2D eigenvalue weighted by Gasteiger charge is -2.34. The van der Waals surface area contributed by atoms with Gasteiger partial charge in [-0.2, -0.15) is 0 Å². The van der Waals surface area contributed by atoms with Gasteiger partial charge in [0.1, 0.15) is 0 Å². The van der Waals surface area contributed by atoms with Gasteiger partial charge in [-0.15, -0.1) is 0 Å². The van der Waals surface area contributed by atoms with Gasteiger partial charge in [-0.3, -0.25) is 9.69 Å². The molecule has 0 aromatic heterocycles. The number of nitrogens with zero attached hydrogens (tertiary/aromatic N) is 1. The van der Waals surface area contributed by atoms with Gasteiger partial charge in [-0.1, -0.05) is 60.7 Å². The highest BCUT2D eigenvalue weighted by Gasteiger charge is 2.23. The van der Waals surface area contributed by atoms with Crippen LogP contribution in [0, 0.1) is 0 Å². The summed E-state index contributed by atoms with van der Waals surface area (Å²) in [5.41, 5.74) is 2.40. The number of hydrogen-bond acceptors (Lipinski definition) is 2. The number of benzene rings is 2. The van der Waals surface area contributed by atoms with E-state index in [2.05, 4.69) is 36.1 Å². The Hall–Kier alpha value is -2.13. The second-order valence-corrected chi connectivity index (χ2v) is 5.69.